The molecular formula is C3H7NS2Sm. The smallest absolute Gasteiger partial charge is 0.132 e. The van der Waals surface area contributed by atoms with Gasteiger partial charge >= 0.3 is 0 Å². The van der Waals surface area contributed by atoms with E-state index in [2.05, 4.69) is 24.8 Å². The zero-order valence-electron chi connectivity index (χ0n) is 4.21. The van der Waals surface area contributed by atoms with Crippen LogP contribution < -0.4 is 0 Å². The van der Waals surface area contributed by atoms with Crippen LogP contribution in [0.4, 0.5) is 0 Å². The van der Waals surface area contributed by atoms with E-state index in [1.807, 2.05) is 14.1 Å². The van der Waals surface area contributed by atoms with E-state index in [1.54, 1.807) is 4.90 Å². The molecule has 1 nitrogen and oxygen atoms in total. The Labute approximate surface area is 87.3 Å². The molecule has 0 saturated heterocycles. The summed E-state index contributed by atoms with van der Waals surface area (Å²) >= 11 is 8.46. The second kappa shape index (κ2) is 5.71. The summed E-state index contributed by atoms with van der Waals surface area (Å²) in [5.74, 6) is 0. The van der Waals surface area contributed by atoms with Crippen LogP contribution in [0.15, 0.2) is 0 Å². The van der Waals surface area contributed by atoms with Gasteiger partial charge in [-0.15, -0.1) is 12.6 Å². The van der Waals surface area contributed by atoms with E-state index in [0.717, 1.165) is 0 Å². The SMILES string of the molecule is CN(C)C(=S)S.[Sm]. The van der Waals surface area contributed by atoms with Crippen LogP contribution in [0.5, 0.6) is 0 Å². The van der Waals surface area contributed by atoms with E-state index in [4.69, 9.17) is 0 Å². The minimum atomic E-state index is 0. The van der Waals surface area contributed by atoms with Crippen molar-refractivity contribution in [3.8, 4) is 0 Å². The van der Waals surface area contributed by atoms with Crippen molar-refractivity contribution in [3.63, 3.8) is 0 Å². The van der Waals surface area contributed by atoms with Crippen LogP contribution in [0.25, 0.3) is 0 Å². The molecule has 0 amide bonds. The largest absolute Gasteiger partial charge is 0.364 e. The maximum absolute atomic E-state index is 4.61. The van der Waals surface area contributed by atoms with Gasteiger partial charge in [-0.3, -0.25) is 0 Å². The Hall–Kier alpha value is 1.58. The van der Waals surface area contributed by atoms with Gasteiger partial charge in [-0.05, 0) is 0 Å². The zero-order chi connectivity index (χ0) is 5.15. The molecule has 0 bridgehead atoms. The van der Waals surface area contributed by atoms with Gasteiger partial charge in [0.15, 0.2) is 0 Å². The summed E-state index contributed by atoms with van der Waals surface area (Å²) in [6, 6.07) is 0. The molecule has 42 valence electrons. The fourth-order valence-corrected chi connectivity index (χ4v) is 0. The molecule has 0 aliphatic carbocycles. The van der Waals surface area contributed by atoms with Crippen molar-refractivity contribution in [2.45, 2.75) is 0 Å². The summed E-state index contributed by atoms with van der Waals surface area (Å²) in [5.41, 5.74) is 0. The number of nitrogens with zero attached hydrogens (tertiary/aromatic N) is 1. The van der Waals surface area contributed by atoms with Crippen molar-refractivity contribution < 1.29 is 40.4 Å². The van der Waals surface area contributed by atoms with Crippen molar-refractivity contribution in [2.24, 2.45) is 0 Å². The van der Waals surface area contributed by atoms with Gasteiger partial charge in [-0.2, -0.15) is 0 Å². The molecule has 4 heteroatoms. The molecule has 0 saturated carbocycles. The molecule has 0 spiro atoms. The summed E-state index contributed by atoms with van der Waals surface area (Å²) in [7, 11) is 3.71. The molecule has 0 heterocycles. The first-order valence-electron chi connectivity index (χ1n) is 1.55. The predicted molar refractivity (Wildman–Crippen MR) is 35.3 cm³/mol. The molecule has 7 heavy (non-hydrogen) atoms. The topological polar surface area (TPSA) is 3.24 Å². The molecule has 0 aliphatic heterocycles. The minimum absolute atomic E-state index is 0. The molecule has 0 atom stereocenters. The van der Waals surface area contributed by atoms with Gasteiger partial charge in [-0.1, -0.05) is 12.2 Å². The number of hydrogen-bond donors (Lipinski definition) is 1. The number of rotatable bonds is 0. The third kappa shape index (κ3) is 7.58. The van der Waals surface area contributed by atoms with Gasteiger partial charge in [-0.25, -0.2) is 0 Å². The van der Waals surface area contributed by atoms with Gasteiger partial charge < -0.3 is 4.90 Å². The van der Waals surface area contributed by atoms with Crippen LogP contribution in [0.2, 0.25) is 0 Å². The predicted octanol–water partition coefficient (Wildman–Crippen LogP) is 0.763. The summed E-state index contributed by atoms with van der Waals surface area (Å²) < 4.78 is 0.620. The Morgan fingerprint density at radius 3 is 1.71 bits per heavy atom. The molecule has 0 aromatic heterocycles. The minimum Gasteiger partial charge on any atom is -0.364 e. The first-order valence-corrected chi connectivity index (χ1v) is 2.40. The average Bonchev–Trinajstić information content (AvgIpc) is 1.36. The van der Waals surface area contributed by atoms with Gasteiger partial charge in [0.25, 0.3) is 0 Å². The maximum atomic E-state index is 4.61. The Morgan fingerprint density at radius 1 is 1.57 bits per heavy atom. The Bertz CT molecular complexity index is 64.0. The Morgan fingerprint density at radius 2 is 1.71 bits per heavy atom. The second-order valence-electron chi connectivity index (χ2n) is 1.18. The van der Waals surface area contributed by atoms with Crippen molar-refractivity contribution in [1.29, 1.82) is 0 Å². The van der Waals surface area contributed by atoms with E-state index < -0.39 is 0 Å². The van der Waals surface area contributed by atoms with Crippen LogP contribution in [0.3, 0.4) is 0 Å². The van der Waals surface area contributed by atoms with E-state index in [0.29, 0.717) is 4.32 Å². The molecule has 0 unspecified atom stereocenters. The first-order chi connectivity index (χ1) is 2.64. The van der Waals surface area contributed by atoms with Crippen molar-refractivity contribution >= 4 is 29.2 Å². The molecule has 0 rings (SSSR count). The van der Waals surface area contributed by atoms with E-state index in [1.165, 1.54) is 0 Å². The third-order valence-corrected chi connectivity index (χ3v) is 1.15. The van der Waals surface area contributed by atoms with Gasteiger partial charge in [0.2, 0.25) is 0 Å². The standard InChI is InChI=1S/C3H7NS2.Sm/c1-4(2)3(5)6;/h1-2H3,(H,5,6);. The fraction of sp³-hybridized carbons (Fsp3) is 0.667. The quantitative estimate of drug-likeness (QED) is 0.512. The molecule has 0 aromatic rings. The molecule has 0 fully saturated rings. The number of thiocarbonyl (C=S) groups is 1. The van der Waals surface area contributed by atoms with Crippen LogP contribution in [0.1, 0.15) is 0 Å². The molecular weight excluding hydrogens is 265 g/mol. The van der Waals surface area contributed by atoms with Crippen molar-refractivity contribution in [3.05, 3.63) is 0 Å². The normalized spacial score (nSPS) is 6.71. The fourth-order valence-electron chi connectivity index (χ4n) is 0. The number of hydrogen-bond acceptors (Lipinski definition) is 1. The summed E-state index contributed by atoms with van der Waals surface area (Å²) in [4.78, 5) is 1.76. The van der Waals surface area contributed by atoms with E-state index in [-0.39, 0.29) is 40.4 Å². The summed E-state index contributed by atoms with van der Waals surface area (Å²) in [6.45, 7) is 0. The molecule has 0 N–H and O–H groups in total. The molecule has 0 radical (unpaired) electrons. The van der Waals surface area contributed by atoms with Gasteiger partial charge in [0.1, 0.15) is 4.32 Å². The average molecular weight is 272 g/mol. The monoisotopic (exact) mass is 273 g/mol. The van der Waals surface area contributed by atoms with Crippen LogP contribution in [0, 0.1) is 40.4 Å². The van der Waals surface area contributed by atoms with Crippen LogP contribution in [-0.2, 0) is 0 Å². The third-order valence-electron chi connectivity index (χ3n) is 0.383. The summed E-state index contributed by atoms with van der Waals surface area (Å²) in [6.07, 6.45) is 0. The first kappa shape index (κ1) is 11.4. The van der Waals surface area contributed by atoms with Crippen molar-refractivity contribution in [1.82, 2.24) is 4.90 Å². The van der Waals surface area contributed by atoms with Crippen molar-refractivity contribution in [2.75, 3.05) is 14.1 Å². The Balaban J connectivity index is 0. The Kier molecular flexibility index (Phi) is 9.29. The van der Waals surface area contributed by atoms with Crippen LogP contribution in [-0.4, -0.2) is 23.3 Å². The zero-order valence-corrected chi connectivity index (χ0v) is 8.54. The van der Waals surface area contributed by atoms with Gasteiger partial charge in [0.05, 0.1) is 0 Å². The van der Waals surface area contributed by atoms with E-state index >= 15 is 0 Å². The maximum Gasteiger partial charge on any atom is 0.132 e. The number of thiol groups is 1. The molecule has 0 aromatic carbocycles. The second-order valence-corrected chi connectivity index (χ2v) is 2.29. The summed E-state index contributed by atoms with van der Waals surface area (Å²) in [5, 5.41) is 0. The molecule has 0 aliphatic rings. The van der Waals surface area contributed by atoms with Crippen LogP contribution >= 0.6 is 24.8 Å². The van der Waals surface area contributed by atoms with E-state index in [9.17, 15) is 0 Å². The van der Waals surface area contributed by atoms with Gasteiger partial charge in [0, 0.05) is 54.5 Å².